The van der Waals surface area contributed by atoms with Crippen LogP contribution >= 0.6 is 0 Å². The normalized spacial score (nSPS) is 16.3. The highest BCUT2D eigenvalue weighted by Gasteiger charge is 2.31. The van der Waals surface area contributed by atoms with Gasteiger partial charge in [-0.1, -0.05) is 30.3 Å². The van der Waals surface area contributed by atoms with Crippen molar-refractivity contribution in [1.82, 2.24) is 25.1 Å². The monoisotopic (exact) mass is 552 g/mol. The second-order valence-electron chi connectivity index (χ2n) is 9.85. The van der Waals surface area contributed by atoms with Gasteiger partial charge in [-0.2, -0.15) is 4.98 Å². The summed E-state index contributed by atoms with van der Waals surface area (Å²) in [6, 6.07) is 9.72. The molecule has 1 atom stereocenters. The van der Waals surface area contributed by atoms with Crippen LogP contribution in [-0.2, 0) is 14.3 Å². The van der Waals surface area contributed by atoms with Crippen molar-refractivity contribution in [3.63, 3.8) is 0 Å². The van der Waals surface area contributed by atoms with Crippen LogP contribution in [0.4, 0.5) is 4.79 Å². The topological polar surface area (TPSA) is 157 Å². The number of carbonyl (C=O) groups is 4. The fourth-order valence-corrected chi connectivity index (χ4v) is 4.82. The number of nitrogens with zero attached hydrogens (tertiary/aromatic N) is 4. The van der Waals surface area contributed by atoms with Gasteiger partial charge in [0.1, 0.15) is 17.8 Å². The van der Waals surface area contributed by atoms with Crippen molar-refractivity contribution in [1.29, 1.82) is 0 Å². The predicted molar refractivity (Wildman–Crippen MR) is 145 cm³/mol. The van der Waals surface area contributed by atoms with E-state index in [0.717, 1.165) is 25.7 Å². The molecule has 1 saturated carbocycles. The number of benzene rings is 1. The number of carbonyl (C=O) groups excluding carboxylic acids is 4. The van der Waals surface area contributed by atoms with Gasteiger partial charge < -0.3 is 30.3 Å². The van der Waals surface area contributed by atoms with Crippen molar-refractivity contribution in [3.05, 3.63) is 42.1 Å². The first-order valence-electron chi connectivity index (χ1n) is 13.7. The molecule has 12 nitrogen and oxygen atoms in total. The third-order valence-electron chi connectivity index (χ3n) is 6.96. The van der Waals surface area contributed by atoms with Crippen LogP contribution in [0.2, 0.25) is 0 Å². The highest BCUT2D eigenvalue weighted by molar-refractivity contribution is 5.97. The zero-order valence-corrected chi connectivity index (χ0v) is 22.7. The van der Waals surface area contributed by atoms with Gasteiger partial charge in [-0.05, 0) is 39.0 Å². The van der Waals surface area contributed by atoms with Crippen LogP contribution in [0.25, 0.3) is 11.4 Å². The van der Waals surface area contributed by atoms with Crippen molar-refractivity contribution >= 4 is 23.8 Å². The van der Waals surface area contributed by atoms with E-state index in [1.807, 2.05) is 30.3 Å². The molecule has 12 heteroatoms. The Morgan fingerprint density at radius 1 is 1.02 bits per heavy atom. The highest BCUT2D eigenvalue weighted by Crippen LogP contribution is 2.25. The second kappa shape index (κ2) is 13.7. The molecule has 40 heavy (non-hydrogen) atoms. The molecule has 0 spiro atoms. The van der Waals surface area contributed by atoms with Crippen molar-refractivity contribution in [3.8, 4) is 17.3 Å². The van der Waals surface area contributed by atoms with Gasteiger partial charge in [0.25, 0.3) is 5.91 Å². The maximum absolute atomic E-state index is 13.5. The summed E-state index contributed by atoms with van der Waals surface area (Å²) in [6.07, 6.45) is 3.51. The summed E-state index contributed by atoms with van der Waals surface area (Å²) in [4.78, 5) is 62.6. The van der Waals surface area contributed by atoms with E-state index in [1.54, 1.807) is 11.8 Å². The Hall–Kier alpha value is -4.22. The lowest BCUT2D eigenvalue weighted by Gasteiger charge is -2.36. The standard InChI is InChI=1S/C28H36N6O6/c1-2-39-28(38)34-16-14-33(15-17-34)27(37)21(12-13-23(29)35)31-26(36)22-18-24(40-20-10-6-7-11-20)32-25(30-22)19-8-4-3-5-9-19/h3-5,8-9,18,20-21H,2,6-7,10-17H2,1H3,(H2,29,35)(H,31,36)/t21-/m0/s1. The largest absolute Gasteiger partial charge is 0.474 e. The fraction of sp³-hybridized carbons (Fsp3) is 0.500. The SMILES string of the molecule is CCOC(=O)N1CCN(C(=O)[C@H](CCC(N)=O)NC(=O)c2cc(OC3CCCC3)nc(-c3ccccc3)n2)CC1. The van der Waals surface area contributed by atoms with Gasteiger partial charge in [0.2, 0.25) is 17.7 Å². The number of nitrogens with one attached hydrogen (secondary N) is 1. The third-order valence-corrected chi connectivity index (χ3v) is 6.96. The van der Waals surface area contributed by atoms with E-state index >= 15 is 0 Å². The van der Waals surface area contributed by atoms with E-state index < -0.39 is 23.9 Å². The zero-order valence-electron chi connectivity index (χ0n) is 22.7. The summed E-state index contributed by atoms with van der Waals surface area (Å²) in [6.45, 7) is 3.14. The first-order chi connectivity index (χ1) is 19.3. The third kappa shape index (κ3) is 7.67. The van der Waals surface area contributed by atoms with Crippen molar-refractivity contribution in [2.45, 2.75) is 57.6 Å². The number of nitrogens with two attached hydrogens (primary N) is 1. The van der Waals surface area contributed by atoms with E-state index in [0.29, 0.717) is 30.4 Å². The van der Waals surface area contributed by atoms with Gasteiger partial charge >= 0.3 is 6.09 Å². The summed E-state index contributed by atoms with van der Waals surface area (Å²) in [5, 5.41) is 2.75. The Bertz CT molecular complexity index is 1200. The molecule has 2 heterocycles. The molecular weight excluding hydrogens is 516 g/mol. The number of aromatic nitrogens is 2. The van der Waals surface area contributed by atoms with Gasteiger partial charge in [0.15, 0.2) is 5.82 Å². The average molecular weight is 553 g/mol. The van der Waals surface area contributed by atoms with Gasteiger partial charge in [0.05, 0.1) is 6.61 Å². The fourth-order valence-electron chi connectivity index (χ4n) is 4.82. The molecule has 4 amide bonds. The number of primary amides is 1. The molecule has 1 saturated heterocycles. The summed E-state index contributed by atoms with van der Waals surface area (Å²) in [5.41, 5.74) is 6.12. The molecule has 0 bridgehead atoms. The number of piperazine rings is 1. The summed E-state index contributed by atoms with van der Waals surface area (Å²) < 4.78 is 11.1. The van der Waals surface area contributed by atoms with E-state index in [2.05, 4.69) is 15.3 Å². The summed E-state index contributed by atoms with van der Waals surface area (Å²) >= 11 is 0. The molecule has 1 aliphatic heterocycles. The lowest BCUT2D eigenvalue weighted by atomic mass is 10.1. The number of amides is 4. The number of ether oxygens (including phenoxy) is 2. The number of hydrogen-bond donors (Lipinski definition) is 2. The first kappa shape index (κ1) is 28.8. The highest BCUT2D eigenvalue weighted by atomic mass is 16.6. The Balaban J connectivity index is 1.52. The molecule has 1 aromatic heterocycles. The summed E-state index contributed by atoms with van der Waals surface area (Å²) in [7, 11) is 0. The van der Waals surface area contributed by atoms with E-state index in [9.17, 15) is 19.2 Å². The van der Waals surface area contributed by atoms with Gasteiger partial charge in [-0.3, -0.25) is 14.4 Å². The predicted octanol–water partition coefficient (Wildman–Crippen LogP) is 2.13. The lowest BCUT2D eigenvalue weighted by Crippen LogP contribution is -2.56. The maximum atomic E-state index is 13.5. The molecule has 214 valence electrons. The van der Waals surface area contributed by atoms with Crippen LogP contribution in [0.3, 0.4) is 0 Å². The molecule has 2 fully saturated rings. The van der Waals surface area contributed by atoms with E-state index in [-0.39, 0.29) is 50.2 Å². The number of rotatable bonds is 10. The van der Waals surface area contributed by atoms with Gasteiger partial charge in [0, 0.05) is 44.2 Å². The van der Waals surface area contributed by atoms with Crippen LogP contribution < -0.4 is 15.8 Å². The Morgan fingerprint density at radius 3 is 2.35 bits per heavy atom. The molecule has 0 unspecified atom stereocenters. The molecular formula is C28H36N6O6. The molecule has 2 aliphatic rings. The van der Waals surface area contributed by atoms with Crippen molar-refractivity contribution in [2.24, 2.45) is 5.73 Å². The average Bonchev–Trinajstić information content (AvgIpc) is 3.48. The van der Waals surface area contributed by atoms with E-state index in [1.165, 1.54) is 11.0 Å². The van der Waals surface area contributed by atoms with Crippen molar-refractivity contribution < 1.29 is 28.7 Å². The van der Waals surface area contributed by atoms with E-state index in [4.69, 9.17) is 15.2 Å². The van der Waals surface area contributed by atoms with Gasteiger partial charge in [-0.25, -0.2) is 9.78 Å². The van der Waals surface area contributed by atoms with Crippen LogP contribution in [0.5, 0.6) is 5.88 Å². The molecule has 2 aromatic rings. The van der Waals surface area contributed by atoms with Crippen LogP contribution in [-0.4, -0.2) is 88.5 Å². The lowest BCUT2D eigenvalue weighted by molar-refractivity contribution is -0.135. The van der Waals surface area contributed by atoms with Gasteiger partial charge in [-0.15, -0.1) is 0 Å². The molecule has 1 aromatic carbocycles. The van der Waals surface area contributed by atoms with Crippen LogP contribution in [0, 0.1) is 0 Å². The quantitative estimate of drug-likeness (QED) is 0.454. The minimum Gasteiger partial charge on any atom is -0.474 e. The van der Waals surface area contributed by atoms with Crippen LogP contribution in [0.15, 0.2) is 36.4 Å². The minimum absolute atomic E-state index is 0.0209. The molecule has 4 rings (SSSR count). The first-order valence-corrected chi connectivity index (χ1v) is 13.7. The second-order valence-corrected chi connectivity index (χ2v) is 9.85. The Kier molecular flexibility index (Phi) is 9.87. The summed E-state index contributed by atoms with van der Waals surface area (Å²) in [5.74, 6) is -0.918. The smallest absolute Gasteiger partial charge is 0.409 e. The molecule has 0 radical (unpaired) electrons. The Labute approximate surface area is 233 Å². The zero-order chi connectivity index (χ0) is 28.5. The van der Waals surface area contributed by atoms with Crippen LogP contribution in [0.1, 0.15) is 55.9 Å². The Morgan fingerprint density at radius 2 is 1.70 bits per heavy atom. The van der Waals surface area contributed by atoms with Crippen molar-refractivity contribution in [2.75, 3.05) is 32.8 Å². The minimum atomic E-state index is -1.01. The molecule has 1 aliphatic carbocycles. The number of hydrogen-bond acceptors (Lipinski definition) is 8. The maximum Gasteiger partial charge on any atom is 0.409 e. The molecule has 3 N–H and O–H groups in total.